The second kappa shape index (κ2) is 13.9. The molecule has 0 aromatic carbocycles. The largest absolute Gasteiger partial charge is 0.389 e. The Kier molecular flexibility index (Phi) is 11.3. The van der Waals surface area contributed by atoms with Crippen molar-refractivity contribution in [1.82, 2.24) is 5.32 Å². The quantitative estimate of drug-likeness (QED) is 0.154. The Morgan fingerprint density at radius 1 is 0.976 bits per heavy atom. The standard InChI is InChI=1S/C40H71N/c1-10-38(7,11-2)23-12-13-26-41-31(6)27-32-21-24-39(8)33(28-32)17-18-34-36-20-19-35(30(5)16-14-15-29(3)4)40(36,9)25-22-37(34)39/h17,29-30,32,34-37,41H,6,10-16,18-28H2,1-5,7-9H3/t30-,32-,34?,35?,36?,37?,39+,40-/m1/s1. The second-order valence-corrected chi connectivity index (χ2v) is 17.1. The van der Waals surface area contributed by atoms with Crippen molar-refractivity contribution in [2.75, 3.05) is 6.54 Å². The average molecular weight is 566 g/mol. The van der Waals surface area contributed by atoms with Crippen molar-refractivity contribution in [2.45, 2.75) is 165 Å². The zero-order chi connectivity index (χ0) is 29.8. The molecule has 4 unspecified atom stereocenters. The molecule has 4 rings (SSSR count). The summed E-state index contributed by atoms with van der Waals surface area (Å²) in [6.07, 6.45) is 26.4. The molecule has 0 amide bonds. The minimum atomic E-state index is 0.474. The molecule has 3 fully saturated rings. The molecule has 1 N–H and O–H groups in total. The first-order valence-corrected chi connectivity index (χ1v) is 18.6. The Morgan fingerprint density at radius 3 is 2.44 bits per heavy atom. The van der Waals surface area contributed by atoms with E-state index in [1.54, 1.807) is 0 Å². The van der Waals surface area contributed by atoms with Crippen LogP contribution in [0.15, 0.2) is 23.9 Å². The molecule has 0 radical (unpaired) electrons. The van der Waals surface area contributed by atoms with Gasteiger partial charge in [-0.3, -0.25) is 0 Å². The fourth-order valence-electron chi connectivity index (χ4n) is 10.9. The summed E-state index contributed by atoms with van der Waals surface area (Å²) in [6, 6.07) is 0. The summed E-state index contributed by atoms with van der Waals surface area (Å²) >= 11 is 0. The van der Waals surface area contributed by atoms with Crippen LogP contribution in [0, 0.1) is 57.7 Å². The number of nitrogens with one attached hydrogen (secondary N) is 1. The first-order valence-electron chi connectivity index (χ1n) is 18.6. The number of hydrogen-bond acceptors (Lipinski definition) is 1. The molecule has 0 heterocycles. The zero-order valence-corrected chi connectivity index (χ0v) is 29.1. The molecular weight excluding hydrogens is 494 g/mol. The van der Waals surface area contributed by atoms with Crippen LogP contribution in [-0.4, -0.2) is 6.54 Å². The molecule has 1 heteroatoms. The molecule has 41 heavy (non-hydrogen) atoms. The minimum absolute atomic E-state index is 0.474. The lowest BCUT2D eigenvalue weighted by Crippen LogP contribution is -2.50. The van der Waals surface area contributed by atoms with Gasteiger partial charge in [-0.2, -0.15) is 0 Å². The van der Waals surface area contributed by atoms with Gasteiger partial charge in [0.05, 0.1) is 0 Å². The molecule has 0 saturated heterocycles. The van der Waals surface area contributed by atoms with Crippen LogP contribution < -0.4 is 5.32 Å². The van der Waals surface area contributed by atoms with Crippen LogP contribution in [0.25, 0.3) is 0 Å². The van der Waals surface area contributed by atoms with E-state index in [0.717, 1.165) is 48.0 Å². The molecule has 0 spiro atoms. The van der Waals surface area contributed by atoms with Gasteiger partial charge in [0.1, 0.15) is 0 Å². The predicted octanol–water partition coefficient (Wildman–Crippen LogP) is 12.1. The van der Waals surface area contributed by atoms with Crippen LogP contribution in [0.2, 0.25) is 0 Å². The van der Waals surface area contributed by atoms with Crippen molar-refractivity contribution in [2.24, 2.45) is 57.7 Å². The van der Waals surface area contributed by atoms with Crippen molar-refractivity contribution in [1.29, 1.82) is 0 Å². The maximum absolute atomic E-state index is 4.48. The monoisotopic (exact) mass is 566 g/mol. The molecule has 4 aliphatic rings. The number of unbranched alkanes of at least 4 members (excludes halogenated alkanes) is 1. The highest BCUT2D eigenvalue weighted by molar-refractivity contribution is 5.25. The van der Waals surface area contributed by atoms with Crippen molar-refractivity contribution in [3.8, 4) is 0 Å². The highest BCUT2D eigenvalue weighted by Crippen LogP contribution is 2.67. The molecule has 1 nitrogen and oxygen atoms in total. The van der Waals surface area contributed by atoms with E-state index in [2.05, 4.69) is 73.4 Å². The van der Waals surface area contributed by atoms with E-state index in [-0.39, 0.29) is 0 Å². The van der Waals surface area contributed by atoms with Crippen LogP contribution in [0.5, 0.6) is 0 Å². The van der Waals surface area contributed by atoms with Gasteiger partial charge in [0, 0.05) is 12.2 Å². The maximum atomic E-state index is 4.48. The Bertz CT molecular complexity index is 877. The third-order valence-corrected chi connectivity index (χ3v) is 14.2. The molecule has 0 aromatic heterocycles. The summed E-state index contributed by atoms with van der Waals surface area (Å²) < 4.78 is 0. The zero-order valence-electron chi connectivity index (χ0n) is 29.1. The van der Waals surface area contributed by atoms with E-state index in [0.29, 0.717) is 16.2 Å². The smallest absolute Gasteiger partial charge is 0.0143 e. The Morgan fingerprint density at radius 2 is 1.73 bits per heavy atom. The number of fused-ring (bicyclic) bond motifs is 5. The summed E-state index contributed by atoms with van der Waals surface area (Å²) in [6.45, 7) is 25.6. The Hall–Kier alpha value is -0.720. The van der Waals surface area contributed by atoms with Gasteiger partial charge >= 0.3 is 0 Å². The third kappa shape index (κ3) is 7.33. The van der Waals surface area contributed by atoms with Gasteiger partial charge in [-0.05, 0) is 128 Å². The lowest BCUT2D eigenvalue weighted by atomic mass is 9.46. The normalized spacial score (nSPS) is 35.8. The van der Waals surface area contributed by atoms with Crippen LogP contribution in [0.1, 0.15) is 165 Å². The lowest BCUT2D eigenvalue weighted by molar-refractivity contribution is -0.0527. The molecule has 0 aliphatic heterocycles. The summed E-state index contributed by atoms with van der Waals surface area (Å²) in [5.74, 6) is 6.40. The molecular formula is C40H71N. The highest BCUT2D eigenvalue weighted by atomic mass is 14.9. The molecule has 8 atom stereocenters. The Balaban J connectivity index is 1.28. The van der Waals surface area contributed by atoms with Gasteiger partial charge in [0.25, 0.3) is 0 Å². The van der Waals surface area contributed by atoms with Crippen LogP contribution in [-0.2, 0) is 0 Å². The molecule has 3 saturated carbocycles. The molecule has 0 bridgehead atoms. The molecule has 4 aliphatic carbocycles. The van der Waals surface area contributed by atoms with Gasteiger partial charge in [0.15, 0.2) is 0 Å². The van der Waals surface area contributed by atoms with Gasteiger partial charge in [-0.15, -0.1) is 0 Å². The number of allylic oxidation sites excluding steroid dienone is 3. The van der Waals surface area contributed by atoms with E-state index < -0.39 is 0 Å². The number of rotatable bonds is 15. The van der Waals surface area contributed by atoms with Crippen LogP contribution in [0.3, 0.4) is 0 Å². The average Bonchev–Trinajstić information content (AvgIpc) is 3.30. The fraction of sp³-hybridized carbons (Fsp3) is 0.900. The van der Waals surface area contributed by atoms with E-state index in [1.807, 2.05) is 5.57 Å². The molecule has 0 aromatic rings. The van der Waals surface area contributed by atoms with Gasteiger partial charge < -0.3 is 5.32 Å². The minimum Gasteiger partial charge on any atom is -0.389 e. The fourth-order valence-corrected chi connectivity index (χ4v) is 10.9. The summed E-state index contributed by atoms with van der Waals surface area (Å²) in [4.78, 5) is 0. The van der Waals surface area contributed by atoms with E-state index in [4.69, 9.17) is 0 Å². The first kappa shape index (κ1) is 33.2. The van der Waals surface area contributed by atoms with Crippen molar-refractivity contribution < 1.29 is 0 Å². The van der Waals surface area contributed by atoms with Gasteiger partial charge in [-0.1, -0.05) is 112 Å². The summed E-state index contributed by atoms with van der Waals surface area (Å²) in [5.41, 5.74) is 4.77. The second-order valence-electron chi connectivity index (χ2n) is 17.1. The van der Waals surface area contributed by atoms with Crippen molar-refractivity contribution >= 4 is 0 Å². The lowest BCUT2D eigenvalue weighted by Gasteiger charge is -2.58. The topological polar surface area (TPSA) is 12.0 Å². The predicted molar refractivity (Wildman–Crippen MR) is 181 cm³/mol. The maximum Gasteiger partial charge on any atom is 0.0143 e. The first-order chi connectivity index (χ1) is 19.5. The van der Waals surface area contributed by atoms with Gasteiger partial charge in [-0.25, -0.2) is 0 Å². The van der Waals surface area contributed by atoms with E-state index in [1.165, 1.54) is 115 Å². The van der Waals surface area contributed by atoms with Crippen molar-refractivity contribution in [3.05, 3.63) is 23.9 Å². The SMILES string of the molecule is C=C(C[C@H]1CC[C@@]2(C)C(=CCC3C4CCC([C@H](C)CCCC(C)C)[C@@]4(C)CCC32)C1)NCCCCC(C)(CC)CC. The highest BCUT2D eigenvalue weighted by Gasteiger charge is 2.59. The molecule has 236 valence electrons. The number of hydrogen-bond donors (Lipinski definition) is 1. The van der Waals surface area contributed by atoms with E-state index in [9.17, 15) is 0 Å². The van der Waals surface area contributed by atoms with Crippen molar-refractivity contribution in [3.63, 3.8) is 0 Å². The van der Waals surface area contributed by atoms with Crippen LogP contribution in [0.4, 0.5) is 0 Å². The van der Waals surface area contributed by atoms with Gasteiger partial charge in [0.2, 0.25) is 0 Å². The third-order valence-electron chi connectivity index (χ3n) is 14.2. The van der Waals surface area contributed by atoms with Crippen LogP contribution >= 0.6 is 0 Å². The Labute approximate surface area is 257 Å². The summed E-state index contributed by atoms with van der Waals surface area (Å²) in [5, 5.41) is 3.73. The summed E-state index contributed by atoms with van der Waals surface area (Å²) in [7, 11) is 0. The van der Waals surface area contributed by atoms with E-state index >= 15 is 0 Å².